The molecule has 0 atom stereocenters. The molecule has 0 aromatic heterocycles. The van der Waals surface area contributed by atoms with E-state index in [9.17, 15) is 4.79 Å². The van der Waals surface area contributed by atoms with Crippen LogP contribution in [0.4, 0.5) is 0 Å². The molecule has 0 N–H and O–H groups in total. The fourth-order valence-electron chi connectivity index (χ4n) is 1.21. The van der Waals surface area contributed by atoms with E-state index in [0.717, 1.165) is 0 Å². The fraction of sp³-hybridized carbons (Fsp3) is 0.300. The van der Waals surface area contributed by atoms with E-state index in [4.69, 9.17) is 28.7 Å². The Balaban J connectivity index is 2.62. The van der Waals surface area contributed by atoms with Gasteiger partial charge in [-0.15, -0.1) is 0 Å². The second-order valence-electron chi connectivity index (χ2n) is 3.11. The first-order valence-corrected chi connectivity index (χ1v) is 5.40. The molecule has 0 bridgehead atoms. The third kappa shape index (κ3) is 3.74. The van der Waals surface area contributed by atoms with Crippen molar-refractivity contribution in [3.8, 4) is 0 Å². The summed E-state index contributed by atoms with van der Waals surface area (Å²) < 4.78 is 0. The van der Waals surface area contributed by atoms with Gasteiger partial charge in [-0.2, -0.15) is 0 Å². The van der Waals surface area contributed by atoms with Crippen LogP contribution in [0, 0.1) is 0 Å². The lowest BCUT2D eigenvalue weighted by Gasteiger charge is -2.02. The Hall–Kier alpha value is -1.22. The van der Waals surface area contributed by atoms with Crippen molar-refractivity contribution in [2.24, 2.45) is 5.11 Å². The number of azide groups is 1. The topological polar surface area (TPSA) is 65.8 Å². The van der Waals surface area contributed by atoms with Gasteiger partial charge >= 0.3 is 0 Å². The summed E-state index contributed by atoms with van der Waals surface area (Å²) in [6, 6.07) is 4.75. The minimum Gasteiger partial charge on any atom is -0.294 e. The number of halogens is 2. The van der Waals surface area contributed by atoms with Crippen molar-refractivity contribution in [3.05, 3.63) is 44.3 Å². The highest BCUT2D eigenvalue weighted by molar-refractivity contribution is 6.36. The second kappa shape index (κ2) is 6.38. The number of rotatable bonds is 5. The predicted octanol–water partition coefficient (Wildman–Crippen LogP) is 4.27. The maximum absolute atomic E-state index is 11.7. The standard InChI is InChI=1S/C10H9Cl2N3O/c11-7-3-4-8(9(12)6-7)10(16)2-1-5-14-15-13/h3-4,6H,1-2,5H2. The number of carbonyl (C=O) groups is 1. The molecule has 1 rings (SSSR count). The number of nitrogens with zero attached hydrogens (tertiary/aromatic N) is 3. The Morgan fingerprint density at radius 2 is 2.19 bits per heavy atom. The van der Waals surface area contributed by atoms with Crippen LogP contribution in [0.15, 0.2) is 23.3 Å². The van der Waals surface area contributed by atoms with Gasteiger partial charge in [0.25, 0.3) is 0 Å². The predicted molar refractivity (Wildman–Crippen MR) is 64.0 cm³/mol. The average molecular weight is 258 g/mol. The number of hydrogen-bond acceptors (Lipinski definition) is 2. The molecule has 0 unspecified atom stereocenters. The molecule has 0 aliphatic rings. The summed E-state index contributed by atoms with van der Waals surface area (Å²) in [5, 5.41) is 4.19. The van der Waals surface area contributed by atoms with Crippen molar-refractivity contribution in [2.75, 3.05) is 6.54 Å². The molecule has 0 heterocycles. The zero-order chi connectivity index (χ0) is 12.0. The minimum atomic E-state index is -0.0743. The SMILES string of the molecule is [N-]=[N+]=NCCCC(=O)c1ccc(Cl)cc1Cl. The van der Waals surface area contributed by atoms with Gasteiger partial charge in [0.05, 0.1) is 5.02 Å². The van der Waals surface area contributed by atoms with Crippen molar-refractivity contribution in [1.82, 2.24) is 0 Å². The molecule has 6 heteroatoms. The Morgan fingerprint density at radius 3 is 2.81 bits per heavy atom. The number of benzene rings is 1. The van der Waals surface area contributed by atoms with Gasteiger partial charge < -0.3 is 0 Å². The molecule has 1 aromatic carbocycles. The monoisotopic (exact) mass is 257 g/mol. The van der Waals surface area contributed by atoms with E-state index in [1.165, 1.54) is 6.07 Å². The van der Waals surface area contributed by atoms with Crippen molar-refractivity contribution in [1.29, 1.82) is 0 Å². The van der Waals surface area contributed by atoms with E-state index in [-0.39, 0.29) is 5.78 Å². The maximum atomic E-state index is 11.7. The number of Topliss-reactive ketones (excluding diaryl/α,β-unsaturated/α-hetero) is 1. The maximum Gasteiger partial charge on any atom is 0.164 e. The summed E-state index contributed by atoms with van der Waals surface area (Å²) in [5.74, 6) is -0.0743. The van der Waals surface area contributed by atoms with E-state index in [1.54, 1.807) is 12.1 Å². The minimum absolute atomic E-state index is 0.0743. The van der Waals surface area contributed by atoms with Crippen molar-refractivity contribution < 1.29 is 4.79 Å². The Bertz CT molecular complexity index is 442. The lowest BCUT2D eigenvalue weighted by molar-refractivity contribution is 0.0981. The number of ketones is 1. The molecule has 4 nitrogen and oxygen atoms in total. The molecular weight excluding hydrogens is 249 g/mol. The van der Waals surface area contributed by atoms with Gasteiger partial charge in [0.2, 0.25) is 0 Å². The van der Waals surface area contributed by atoms with E-state index in [0.29, 0.717) is 35.0 Å². The van der Waals surface area contributed by atoms with Crippen LogP contribution < -0.4 is 0 Å². The van der Waals surface area contributed by atoms with Gasteiger partial charge in [0.15, 0.2) is 5.78 Å². The molecular formula is C10H9Cl2N3O. The average Bonchev–Trinajstić information content (AvgIpc) is 2.24. The second-order valence-corrected chi connectivity index (χ2v) is 3.95. The van der Waals surface area contributed by atoms with Gasteiger partial charge in [-0.3, -0.25) is 4.79 Å². The van der Waals surface area contributed by atoms with Crippen LogP contribution in [0.1, 0.15) is 23.2 Å². The van der Waals surface area contributed by atoms with Gasteiger partial charge in [0.1, 0.15) is 0 Å². The van der Waals surface area contributed by atoms with Gasteiger partial charge in [0, 0.05) is 28.5 Å². The van der Waals surface area contributed by atoms with Gasteiger partial charge in [-0.25, -0.2) is 0 Å². The van der Waals surface area contributed by atoms with Crippen molar-refractivity contribution in [2.45, 2.75) is 12.8 Å². The zero-order valence-electron chi connectivity index (χ0n) is 8.36. The quantitative estimate of drug-likeness (QED) is 0.256. The van der Waals surface area contributed by atoms with Gasteiger partial charge in [-0.05, 0) is 30.2 Å². The summed E-state index contributed by atoms with van der Waals surface area (Å²) in [6.45, 7) is 0.313. The fourth-order valence-corrected chi connectivity index (χ4v) is 1.72. The molecule has 0 spiro atoms. The van der Waals surface area contributed by atoms with E-state index in [2.05, 4.69) is 10.0 Å². The molecule has 16 heavy (non-hydrogen) atoms. The van der Waals surface area contributed by atoms with Crippen LogP contribution in [0.5, 0.6) is 0 Å². The highest BCUT2D eigenvalue weighted by Crippen LogP contribution is 2.22. The molecule has 0 amide bonds. The van der Waals surface area contributed by atoms with Crippen LogP contribution in [-0.4, -0.2) is 12.3 Å². The van der Waals surface area contributed by atoms with Crippen LogP contribution in [0.25, 0.3) is 10.4 Å². The number of carbonyl (C=O) groups excluding carboxylic acids is 1. The van der Waals surface area contributed by atoms with Crippen LogP contribution in [0.2, 0.25) is 10.0 Å². The first-order valence-electron chi connectivity index (χ1n) is 4.64. The lowest BCUT2D eigenvalue weighted by atomic mass is 10.1. The summed E-state index contributed by atoms with van der Waals surface area (Å²) >= 11 is 11.6. The van der Waals surface area contributed by atoms with E-state index in [1.807, 2.05) is 0 Å². The Kier molecular flexibility index (Phi) is 5.12. The molecule has 0 fully saturated rings. The largest absolute Gasteiger partial charge is 0.294 e. The number of hydrogen-bond donors (Lipinski definition) is 0. The van der Waals surface area contributed by atoms with Crippen LogP contribution in [0.3, 0.4) is 0 Å². The Labute approximate surface area is 103 Å². The smallest absolute Gasteiger partial charge is 0.164 e. The normalized spacial score (nSPS) is 9.62. The van der Waals surface area contributed by atoms with Crippen molar-refractivity contribution >= 4 is 29.0 Å². The Morgan fingerprint density at radius 1 is 1.44 bits per heavy atom. The molecule has 0 saturated carbocycles. The highest BCUT2D eigenvalue weighted by atomic mass is 35.5. The molecule has 0 aliphatic carbocycles. The first-order chi connectivity index (χ1) is 7.65. The van der Waals surface area contributed by atoms with Crippen molar-refractivity contribution in [3.63, 3.8) is 0 Å². The molecule has 1 aromatic rings. The summed E-state index contributed by atoms with van der Waals surface area (Å²) in [4.78, 5) is 14.3. The van der Waals surface area contributed by atoms with Crippen LogP contribution in [-0.2, 0) is 0 Å². The molecule has 84 valence electrons. The van der Waals surface area contributed by atoms with Gasteiger partial charge in [-0.1, -0.05) is 28.3 Å². The molecule has 0 radical (unpaired) electrons. The summed E-state index contributed by atoms with van der Waals surface area (Å²) in [5.41, 5.74) is 8.51. The summed E-state index contributed by atoms with van der Waals surface area (Å²) in [7, 11) is 0. The third-order valence-electron chi connectivity index (χ3n) is 1.96. The lowest BCUT2D eigenvalue weighted by Crippen LogP contribution is -2.00. The summed E-state index contributed by atoms with van der Waals surface area (Å²) in [6.07, 6.45) is 0.822. The first kappa shape index (κ1) is 12.8. The van der Waals surface area contributed by atoms with E-state index >= 15 is 0 Å². The van der Waals surface area contributed by atoms with Crippen LogP contribution >= 0.6 is 23.2 Å². The van der Waals surface area contributed by atoms with E-state index < -0.39 is 0 Å². The highest BCUT2D eigenvalue weighted by Gasteiger charge is 2.09. The molecule has 0 aliphatic heterocycles. The zero-order valence-corrected chi connectivity index (χ0v) is 9.87. The third-order valence-corrected chi connectivity index (χ3v) is 2.50. The molecule has 0 saturated heterocycles.